The number of hydrogen-bond acceptors (Lipinski definition) is 4. The van der Waals surface area contributed by atoms with Crippen LogP contribution in [0.2, 0.25) is 0 Å². The lowest BCUT2D eigenvalue weighted by atomic mass is 10.2. The van der Waals surface area contributed by atoms with Gasteiger partial charge in [-0.25, -0.2) is 0 Å². The fraction of sp³-hybridized carbons (Fsp3) is 0.0833. The Balaban J connectivity index is 2.47. The number of pyridine rings is 1. The summed E-state index contributed by atoms with van der Waals surface area (Å²) in [7, 11) is 0. The van der Waals surface area contributed by atoms with E-state index in [2.05, 4.69) is 20.9 Å². The second-order valence-electron chi connectivity index (χ2n) is 3.73. The summed E-state index contributed by atoms with van der Waals surface area (Å²) in [5, 5.41) is 11.0. The van der Waals surface area contributed by atoms with Gasteiger partial charge in [-0.3, -0.25) is 10.1 Å². The molecule has 19 heavy (non-hydrogen) atoms. The number of hydrogen-bond donors (Lipinski definition) is 0. The van der Waals surface area contributed by atoms with Crippen LogP contribution in [0.3, 0.4) is 0 Å². The Labute approximate surface area is 116 Å². The minimum atomic E-state index is -0.713. The molecule has 0 radical (unpaired) electrons. The van der Waals surface area contributed by atoms with Gasteiger partial charge >= 0.3 is 5.69 Å². The number of ether oxygens (including phenoxy) is 1. The van der Waals surface area contributed by atoms with Crippen LogP contribution in [-0.4, -0.2) is 9.91 Å². The molecule has 2 aromatic rings. The van der Waals surface area contributed by atoms with Gasteiger partial charge in [0.1, 0.15) is 0 Å². The Morgan fingerprint density at radius 1 is 1.42 bits per heavy atom. The summed E-state index contributed by atoms with van der Waals surface area (Å²) in [6, 6.07) is 6.99. The average molecular weight is 327 g/mol. The van der Waals surface area contributed by atoms with Crippen LogP contribution in [0.5, 0.6) is 11.6 Å². The molecule has 7 heteroatoms. The van der Waals surface area contributed by atoms with Crippen molar-refractivity contribution >= 4 is 21.6 Å². The van der Waals surface area contributed by atoms with Crippen molar-refractivity contribution in [2.24, 2.45) is 0 Å². The molecule has 0 N–H and O–H groups in total. The second-order valence-corrected chi connectivity index (χ2v) is 4.64. The van der Waals surface area contributed by atoms with Crippen LogP contribution < -0.4 is 4.74 Å². The van der Waals surface area contributed by atoms with Crippen LogP contribution in [0, 0.1) is 23.0 Å². The molecule has 1 aromatic carbocycles. The van der Waals surface area contributed by atoms with E-state index in [1.165, 1.54) is 18.2 Å². The van der Waals surface area contributed by atoms with Crippen molar-refractivity contribution in [2.75, 3.05) is 0 Å². The van der Waals surface area contributed by atoms with E-state index in [0.717, 1.165) is 6.07 Å². The van der Waals surface area contributed by atoms with Gasteiger partial charge in [0.05, 0.1) is 4.92 Å². The van der Waals surface area contributed by atoms with Crippen molar-refractivity contribution in [3.8, 4) is 11.6 Å². The van der Waals surface area contributed by atoms with E-state index < -0.39 is 10.9 Å². The van der Waals surface area contributed by atoms with E-state index in [1.54, 1.807) is 13.0 Å². The molecule has 0 unspecified atom stereocenters. The normalized spacial score (nSPS) is 10.3. The lowest BCUT2D eigenvalue weighted by Gasteiger charge is -2.08. The summed E-state index contributed by atoms with van der Waals surface area (Å²) in [6.45, 7) is 1.66. The third kappa shape index (κ3) is 3.05. The van der Waals surface area contributed by atoms with E-state index in [-0.39, 0.29) is 17.3 Å². The monoisotopic (exact) mass is 326 g/mol. The first-order valence-corrected chi connectivity index (χ1v) is 6.01. The zero-order chi connectivity index (χ0) is 14.0. The Hall–Kier alpha value is -2.02. The molecular formula is C12H8BrFN2O3. The SMILES string of the molecule is Cc1cc(Br)cc([N+](=O)[O-])c1Oc1cccc(F)n1. The Kier molecular flexibility index (Phi) is 3.75. The molecule has 0 bridgehead atoms. The summed E-state index contributed by atoms with van der Waals surface area (Å²) >= 11 is 3.18. The van der Waals surface area contributed by atoms with Crippen molar-refractivity contribution in [3.05, 3.63) is 56.4 Å². The number of nitro groups is 1. The number of halogens is 2. The molecule has 0 amide bonds. The molecule has 0 spiro atoms. The highest BCUT2D eigenvalue weighted by molar-refractivity contribution is 9.10. The number of benzene rings is 1. The van der Waals surface area contributed by atoms with Gasteiger partial charge in [-0.1, -0.05) is 22.0 Å². The summed E-state index contributed by atoms with van der Waals surface area (Å²) in [4.78, 5) is 13.9. The standard InChI is InChI=1S/C12H8BrFN2O3/c1-7-5-8(13)6-9(16(17)18)12(7)19-11-4-2-3-10(14)15-11/h2-6H,1H3. The van der Waals surface area contributed by atoms with Crippen LogP contribution in [0.4, 0.5) is 10.1 Å². The zero-order valence-corrected chi connectivity index (χ0v) is 11.3. The Morgan fingerprint density at radius 3 is 2.79 bits per heavy atom. The number of aryl methyl sites for hydroxylation is 1. The van der Waals surface area contributed by atoms with Gasteiger partial charge in [0, 0.05) is 22.2 Å². The Bertz CT molecular complexity index is 649. The molecule has 0 saturated carbocycles. The molecule has 98 valence electrons. The fourth-order valence-corrected chi connectivity index (χ4v) is 2.09. The third-order valence-corrected chi connectivity index (χ3v) is 2.77. The van der Waals surface area contributed by atoms with Gasteiger partial charge in [0.25, 0.3) is 0 Å². The fourth-order valence-electron chi connectivity index (χ4n) is 1.53. The number of nitro benzene ring substituents is 1. The molecule has 0 aliphatic carbocycles. The summed E-state index contributed by atoms with van der Waals surface area (Å²) in [6.07, 6.45) is 0. The van der Waals surface area contributed by atoms with Crippen LogP contribution in [0.25, 0.3) is 0 Å². The third-order valence-electron chi connectivity index (χ3n) is 2.31. The highest BCUT2D eigenvalue weighted by atomic mass is 79.9. The molecule has 1 aromatic heterocycles. The van der Waals surface area contributed by atoms with Crippen LogP contribution in [0.15, 0.2) is 34.8 Å². The maximum absolute atomic E-state index is 13.0. The molecule has 1 heterocycles. The van der Waals surface area contributed by atoms with E-state index in [9.17, 15) is 14.5 Å². The first kappa shape index (κ1) is 13.4. The lowest BCUT2D eigenvalue weighted by Crippen LogP contribution is -1.97. The number of aromatic nitrogens is 1. The van der Waals surface area contributed by atoms with Gasteiger partial charge in [0.2, 0.25) is 17.6 Å². The highest BCUT2D eigenvalue weighted by Crippen LogP contribution is 2.36. The maximum atomic E-state index is 13.0. The van der Waals surface area contributed by atoms with E-state index in [1.807, 2.05) is 0 Å². The average Bonchev–Trinajstić information content (AvgIpc) is 2.32. The largest absolute Gasteiger partial charge is 0.431 e. The molecule has 2 rings (SSSR count). The minimum absolute atomic E-state index is 0.0338. The number of nitrogens with zero attached hydrogens (tertiary/aromatic N) is 2. The van der Waals surface area contributed by atoms with Crippen LogP contribution in [-0.2, 0) is 0 Å². The van der Waals surface area contributed by atoms with Gasteiger partial charge in [-0.05, 0) is 19.1 Å². The summed E-state index contributed by atoms with van der Waals surface area (Å²) in [5.41, 5.74) is 0.338. The quantitative estimate of drug-likeness (QED) is 0.486. The van der Waals surface area contributed by atoms with Crippen molar-refractivity contribution in [1.82, 2.24) is 4.98 Å². The molecule has 0 saturated heterocycles. The first-order valence-electron chi connectivity index (χ1n) is 5.22. The molecule has 0 fully saturated rings. The Morgan fingerprint density at radius 2 is 2.16 bits per heavy atom. The first-order chi connectivity index (χ1) is 8.97. The van der Waals surface area contributed by atoms with Crippen molar-refractivity contribution in [1.29, 1.82) is 0 Å². The second kappa shape index (κ2) is 5.31. The van der Waals surface area contributed by atoms with Crippen LogP contribution >= 0.6 is 15.9 Å². The number of rotatable bonds is 3. The molecule has 5 nitrogen and oxygen atoms in total. The lowest BCUT2D eigenvalue weighted by molar-refractivity contribution is -0.385. The van der Waals surface area contributed by atoms with Gasteiger partial charge < -0.3 is 4.74 Å². The predicted octanol–water partition coefficient (Wildman–Crippen LogP) is 3.99. The zero-order valence-electron chi connectivity index (χ0n) is 9.76. The molecule has 0 aliphatic heterocycles. The smallest absolute Gasteiger partial charge is 0.313 e. The van der Waals surface area contributed by atoms with E-state index >= 15 is 0 Å². The van der Waals surface area contributed by atoms with Gasteiger partial charge in [-0.15, -0.1) is 0 Å². The van der Waals surface area contributed by atoms with E-state index in [0.29, 0.717) is 10.0 Å². The topological polar surface area (TPSA) is 65.3 Å². The molecule has 0 aliphatic rings. The van der Waals surface area contributed by atoms with E-state index in [4.69, 9.17) is 4.74 Å². The summed E-state index contributed by atoms with van der Waals surface area (Å²) < 4.78 is 18.9. The van der Waals surface area contributed by atoms with Gasteiger partial charge in [-0.2, -0.15) is 9.37 Å². The van der Waals surface area contributed by atoms with Crippen LogP contribution in [0.1, 0.15) is 5.56 Å². The minimum Gasteiger partial charge on any atom is -0.431 e. The maximum Gasteiger partial charge on any atom is 0.313 e. The van der Waals surface area contributed by atoms with Crippen molar-refractivity contribution in [2.45, 2.75) is 6.92 Å². The molecular weight excluding hydrogens is 319 g/mol. The molecule has 0 atom stereocenters. The van der Waals surface area contributed by atoms with Crippen molar-refractivity contribution < 1.29 is 14.1 Å². The highest BCUT2D eigenvalue weighted by Gasteiger charge is 2.20. The summed E-state index contributed by atoms with van der Waals surface area (Å²) in [5.74, 6) is -0.699. The van der Waals surface area contributed by atoms with Crippen molar-refractivity contribution in [3.63, 3.8) is 0 Å². The van der Waals surface area contributed by atoms with Gasteiger partial charge in [0.15, 0.2) is 0 Å². The predicted molar refractivity (Wildman–Crippen MR) is 69.8 cm³/mol.